The van der Waals surface area contributed by atoms with Gasteiger partial charge in [-0.25, -0.2) is 4.98 Å². The average Bonchev–Trinajstić information content (AvgIpc) is 3.11. The maximum Gasteiger partial charge on any atom is 0.254 e. The number of rotatable bonds is 4. The Bertz CT molecular complexity index is 1100. The van der Waals surface area contributed by atoms with E-state index in [2.05, 4.69) is 17.1 Å². The maximum atomic E-state index is 13.3. The van der Waals surface area contributed by atoms with Gasteiger partial charge in [-0.05, 0) is 46.4 Å². The monoisotopic (exact) mass is 404 g/mol. The molecular formula is C24H24N2O4. The normalized spacial score (nSPS) is 21.1. The number of aliphatic hydroxyl groups is 1. The molecule has 3 aromatic rings. The highest BCUT2D eigenvalue weighted by Crippen LogP contribution is 2.36. The zero-order valence-electron chi connectivity index (χ0n) is 16.9. The fraction of sp³-hybridized carbons (Fsp3) is 0.333. The van der Waals surface area contributed by atoms with Crippen molar-refractivity contribution in [3.05, 3.63) is 70.9 Å². The third-order valence-corrected chi connectivity index (χ3v) is 6.15. The first kappa shape index (κ1) is 19.0. The van der Waals surface area contributed by atoms with Gasteiger partial charge in [0.25, 0.3) is 5.91 Å². The molecule has 1 saturated heterocycles. The molecule has 3 heterocycles. The van der Waals surface area contributed by atoms with Gasteiger partial charge in [0, 0.05) is 31.0 Å². The van der Waals surface area contributed by atoms with Crippen LogP contribution in [0.4, 0.5) is 0 Å². The largest absolute Gasteiger partial charge is 0.481 e. The number of ether oxygens (including phenoxy) is 2. The van der Waals surface area contributed by atoms with Gasteiger partial charge in [-0.15, -0.1) is 0 Å². The van der Waals surface area contributed by atoms with E-state index in [0.717, 1.165) is 33.0 Å². The van der Waals surface area contributed by atoms with Gasteiger partial charge in [0.15, 0.2) is 0 Å². The van der Waals surface area contributed by atoms with Gasteiger partial charge in [0.05, 0.1) is 25.9 Å². The van der Waals surface area contributed by atoms with Crippen molar-refractivity contribution in [1.82, 2.24) is 9.88 Å². The van der Waals surface area contributed by atoms with Crippen LogP contribution in [0, 0.1) is 0 Å². The number of benzene rings is 2. The molecule has 154 valence electrons. The van der Waals surface area contributed by atoms with E-state index >= 15 is 0 Å². The molecule has 1 aromatic heterocycles. The van der Waals surface area contributed by atoms with Crippen molar-refractivity contribution in [2.45, 2.75) is 31.5 Å². The number of fused-ring (bicyclic) bond motifs is 3. The summed E-state index contributed by atoms with van der Waals surface area (Å²) in [5, 5.41) is 12.6. The lowest BCUT2D eigenvalue weighted by Crippen LogP contribution is -2.49. The van der Waals surface area contributed by atoms with E-state index in [4.69, 9.17) is 9.47 Å². The summed E-state index contributed by atoms with van der Waals surface area (Å²) in [7, 11) is 1.60. The van der Waals surface area contributed by atoms with Gasteiger partial charge >= 0.3 is 0 Å². The Morgan fingerprint density at radius 3 is 2.80 bits per heavy atom. The van der Waals surface area contributed by atoms with E-state index in [0.29, 0.717) is 31.9 Å². The lowest BCUT2D eigenvalue weighted by atomic mass is 9.93. The first-order chi connectivity index (χ1) is 14.7. The van der Waals surface area contributed by atoms with Crippen LogP contribution in [0.3, 0.4) is 0 Å². The van der Waals surface area contributed by atoms with Gasteiger partial charge < -0.3 is 19.5 Å². The van der Waals surface area contributed by atoms with Crippen LogP contribution >= 0.6 is 0 Å². The van der Waals surface area contributed by atoms with Crippen LogP contribution in [0.5, 0.6) is 5.88 Å². The standard InChI is InChI=1S/C24H24N2O4/c1-29-23-7-6-15(12-25-23)10-16-11-19-20(18-5-3-2-4-17(16)18)13-26(24(19)28)21-8-9-30-14-22(21)27/h2-7,11-12,21-22,27H,8-10,13-14H2,1H3. The smallest absolute Gasteiger partial charge is 0.254 e. The van der Waals surface area contributed by atoms with Gasteiger partial charge in [0.2, 0.25) is 5.88 Å². The van der Waals surface area contributed by atoms with Crippen molar-refractivity contribution in [1.29, 1.82) is 0 Å². The molecule has 2 aliphatic rings. The first-order valence-corrected chi connectivity index (χ1v) is 10.2. The van der Waals surface area contributed by atoms with Crippen molar-refractivity contribution in [2.24, 2.45) is 0 Å². The Morgan fingerprint density at radius 1 is 1.23 bits per heavy atom. The number of aromatic nitrogens is 1. The molecule has 6 heteroatoms. The summed E-state index contributed by atoms with van der Waals surface area (Å²) in [6.45, 7) is 1.38. The molecule has 2 atom stereocenters. The Morgan fingerprint density at radius 2 is 2.07 bits per heavy atom. The maximum absolute atomic E-state index is 13.3. The minimum atomic E-state index is -0.645. The highest BCUT2D eigenvalue weighted by Gasteiger charge is 2.38. The molecule has 1 amide bonds. The molecule has 5 rings (SSSR count). The summed E-state index contributed by atoms with van der Waals surface area (Å²) >= 11 is 0. The minimum absolute atomic E-state index is 0.00388. The average molecular weight is 404 g/mol. The molecule has 1 fully saturated rings. The Labute approximate surface area is 175 Å². The van der Waals surface area contributed by atoms with Crippen LogP contribution in [0.1, 0.15) is 33.5 Å². The quantitative estimate of drug-likeness (QED) is 0.724. The third kappa shape index (κ3) is 3.22. The SMILES string of the molecule is COc1ccc(Cc2cc3c(c4ccccc24)CN(C2CCOCC2O)C3=O)cn1. The molecule has 2 unspecified atom stereocenters. The number of nitrogens with zero attached hydrogens (tertiary/aromatic N) is 2. The summed E-state index contributed by atoms with van der Waals surface area (Å²) in [6.07, 6.45) is 2.50. The zero-order valence-corrected chi connectivity index (χ0v) is 16.9. The van der Waals surface area contributed by atoms with E-state index in [1.807, 2.05) is 41.4 Å². The number of hydrogen-bond donors (Lipinski definition) is 1. The van der Waals surface area contributed by atoms with E-state index in [9.17, 15) is 9.90 Å². The van der Waals surface area contributed by atoms with Crippen LogP contribution in [-0.2, 0) is 17.7 Å². The predicted molar refractivity (Wildman–Crippen MR) is 113 cm³/mol. The fourth-order valence-electron chi connectivity index (χ4n) is 4.61. The molecule has 6 nitrogen and oxygen atoms in total. The van der Waals surface area contributed by atoms with Crippen molar-refractivity contribution in [3.8, 4) is 5.88 Å². The summed E-state index contributed by atoms with van der Waals surface area (Å²) in [4.78, 5) is 19.4. The summed E-state index contributed by atoms with van der Waals surface area (Å²) < 4.78 is 10.5. The Kier molecular flexibility index (Phi) is 4.89. The highest BCUT2D eigenvalue weighted by atomic mass is 16.5. The molecule has 2 aliphatic heterocycles. The number of aliphatic hydroxyl groups excluding tert-OH is 1. The van der Waals surface area contributed by atoms with Crippen LogP contribution in [-0.4, -0.2) is 53.4 Å². The molecular weight excluding hydrogens is 380 g/mol. The minimum Gasteiger partial charge on any atom is -0.481 e. The molecule has 30 heavy (non-hydrogen) atoms. The van der Waals surface area contributed by atoms with E-state index in [-0.39, 0.29) is 18.6 Å². The molecule has 0 spiro atoms. The van der Waals surface area contributed by atoms with Crippen molar-refractivity contribution < 1.29 is 19.4 Å². The first-order valence-electron chi connectivity index (χ1n) is 10.2. The Hall–Kier alpha value is -2.96. The van der Waals surface area contributed by atoms with E-state index < -0.39 is 6.10 Å². The number of carbonyl (C=O) groups excluding carboxylic acids is 1. The van der Waals surface area contributed by atoms with Gasteiger partial charge in [-0.1, -0.05) is 30.3 Å². The second-order valence-corrected chi connectivity index (χ2v) is 7.92. The van der Waals surface area contributed by atoms with Gasteiger partial charge in [0.1, 0.15) is 0 Å². The van der Waals surface area contributed by atoms with Gasteiger partial charge in [-0.3, -0.25) is 4.79 Å². The third-order valence-electron chi connectivity index (χ3n) is 6.15. The van der Waals surface area contributed by atoms with Crippen molar-refractivity contribution in [3.63, 3.8) is 0 Å². The number of hydrogen-bond acceptors (Lipinski definition) is 5. The number of pyridine rings is 1. The molecule has 0 radical (unpaired) electrons. The fourth-order valence-corrected chi connectivity index (χ4v) is 4.61. The number of carbonyl (C=O) groups is 1. The second kappa shape index (κ2) is 7.70. The molecule has 1 N–H and O–H groups in total. The molecule has 0 aliphatic carbocycles. The molecule has 0 saturated carbocycles. The zero-order chi connectivity index (χ0) is 20.7. The van der Waals surface area contributed by atoms with Crippen molar-refractivity contribution in [2.75, 3.05) is 20.3 Å². The summed E-state index contributed by atoms with van der Waals surface area (Å²) in [5.41, 5.74) is 3.94. The van der Waals surface area contributed by atoms with Crippen LogP contribution < -0.4 is 4.74 Å². The second-order valence-electron chi connectivity index (χ2n) is 7.92. The Balaban J connectivity index is 1.54. The number of methoxy groups -OCH3 is 1. The lowest BCUT2D eigenvalue weighted by Gasteiger charge is -2.34. The molecule has 0 bridgehead atoms. The molecule has 2 aromatic carbocycles. The van der Waals surface area contributed by atoms with Crippen LogP contribution in [0.15, 0.2) is 48.7 Å². The van der Waals surface area contributed by atoms with Crippen LogP contribution in [0.2, 0.25) is 0 Å². The van der Waals surface area contributed by atoms with E-state index in [1.165, 1.54) is 0 Å². The topological polar surface area (TPSA) is 71.9 Å². The number of amides is 1. The lowest BCUT2D eigenvalue weighted by molar-refractivity contribution is -0.0571. The predicted octanol–water partition coefficient (Wildman–Crippen LogP) is 2.94. The summed E-state index contributed by atoms with van der Waals surface area (Å²) in [5.74, 6) is 0.578. The van der Waals surface area contributed by atoms with Gasteiger partial charge in [-0.2, -0.15) is 0 Å². The van der Waals surface area contributed by atoms with E-state index in [1.54, 1.807) is 7.11 Å². The summed E-state index contributed by atoms with van der Waals surface area (Å²) in [6, 6.07) is 13.9. The van der Waals surface area contributed by atoms with Crippen LogP contribution in [0.25, 0.3) is 10.8 Å². The van der Waals surface area contributed by atoms with Crippen molar-refractivity contribution >= 4 is 16.7 Å². The highest BCUT2D eigenvalue weighted by molar-refractivity contribution is 6.05.